The van der Waals surface area contributed by atoms with Gasteiger partial charge in [-0.3, -0.25) is 4.79 Å². The predicted octanol–water partition coefficient (Wildman–Crippen LogP) is 3.72. The normalized spacial score (nSPS) is 12.2. The van der Waals surface area contributed by atoms with Gasteiger partial charge < -0.3 is 11.1 Å². The van der Waals surface area contributed by atoms with Gasteiger partial charge in [-0.1, -0.05) is 23.2 Å². The standard InChI is InChI=1S/C12H11Cl2N3OS/c1-6(15)12-17-10(5-19-12)11(18)16-9-3-7(13)2-8(14)4-9/h2-6H,15H2,1H3,(H,16,18). The fourth-order valence-corrected chi connectivity index (χ4v) is 2.71. The molecule has 19 heavy (non-hydrogen) atoms. The van der Waals surface area contributed by atoms with Gasteiger partial charge in [0.2, 0.25) is 0 Å². The highest BCUT2D eigenvalue weighted by atomic mass is 35.5. The molecule has 1 atom stereocenters. The van der Waals surface area contributed by atoms with Crippen LogP contribution in [-0.4, -0.2) is 10.9 Å². The summed E-state index contributed by atoms with van der Waals surface area (Å²) < 4.78 is 0. The van der Waals surface area contributed by atoms with Crippen molar-refractivity contribution >= 4 is 46.1 Å². The zero-order valence-electron chi connectivity index (χ0n) is 9.98. The maximum absolute atomic E-state index is 12.0. The van der Waals surface area contributed by atoms with Gasteiger partial charge in [-0.15, -0.1) is 11.3 Å². The highest BCUT2D eigenvalue weighted by Crippen LogP contribution is 2.23. The van der Waals surface area contributed by atoms with E-state index in [9.17, 15) is 4.79 Å². The van der Waals surface area contributed by atoms with Gasteiger partial charge in [0, 0.05) is 21.1 Å². The molecular formula is C12H11Cl2N3OS. The van der Waals surface area contributed by atoms with Crippen molar-refractivity contribution in [3.05, 3.63) is 44.3 Å². The van der Waals surface area contributed by atoms with Crippen LogP contribution in [0.25, 0.3) is 0 Å². The van der Waals surface area contributed by atoms with Gasteiger partial charge >= 0.3 is 0 Å². The van der Waals surface area contributed by atoms with Crippen LogP contribution in [0.4, 0.5) is 5.69 Å². The number of rotatable bonds is 3. The van der Waals surface area contributed by atoms with Crippen molar-refractivity contribution in [2.24, 2.45) is 5.73 Å². The van der Waals surface area contributed by atoms with Gasteiger partial charge in [-0.05, 0) is 25.1 Å². The smallest absolute Gasteiger partial charge is 0.275 e. The van der Waals surface area contributed by atoms with E-state index in [-0.39, 0.29) is 11.9 Å². The Kier molecular flexibility index (Phi) is 4.42. The number of carbonyl (C=O) groups excluding carboxylic acids is 1. The Bertz CT molecular complexity index is 593. The average Bonchev–Trinajstić information content (AvgIpc) is 2.76. The van der Waals surface area contributed by atoms with Crippen molar-refractivity contribution in [3.63, 3.8) is 0 Å². The summed E-state index contributed by atoms with van der Waals surface area (Å²) in [6.07, 6.45) is 0. The van der Waals surface area contributed by atoms with E-state index in [4.69, 9.17) is 28.9 Å². The summed E-state index contributed by atoms with van der Waals surface area (Å²) in [4.78, 5) is 16.1. The van der Waals surface area contributed by atoms with E-state index in [0.717, 1.165) is 0 Å². The molecule has 0 fully saturated rings. The summed E-state index contributed by atoms with van der Waals surface area (Å²) in [6.45, 7) is 1.82. The first-order valence-corrected chi connectivity index (χ1v) is 7.07. The summed E-state index contributed by atoms with van der Waals surface area (Å²) in [5.41, 5.74) is 6.55. The number of nitrogens with one attached hydrogen (secondary N) is 1. The van der Waals surface area contributed by atoms with Crippen LogP contribution in [-0.2, 0) is 0 Å². The average molecular weight is 316 g/mol. The van der Waals surface area contributed by atoms with Crippen LogP contribution in [0.1, 0.15) is 28.5 Å². The Morgan fingerprint density at radius 1 is 1.37 bits per heavy atom. The number of nitrogens with two attached hydrogens (primary N) is 1. The fourth-order valence-electron chi connectivity index (χ4n) is 1.42. The topological polar surface area (TPSA) is 68.0 Å². The van der Waals surface area contributed by atoms with Crippen molar-refractivity contribution in [2.75, 3.05) is 5.32 Å². The van der Waals surface area contributed by atoms with E-state index in [1.165, 1.54) is 11.3 Å². The van der Waals surface area contributed by atoms with Crippen LogP contribution in [0.15, 0.2) is 23.6 Å². The Morgan fingerprint density at radius 2 is 2.00 bits per heavy atom. The third-order valence-corrected chi connectivity index (χ3v) is 3.75. The number of halogens is 2. The number of carbonyl (C=O) groups is 1. The number of thiazole rings is 1. The summed E-state index contributed by atoms with van der Waals surface area (Å²) in [6, 6.07) is 4.64. The van der Waals surface area contributed by atoms with Crippen LogP contribution in [0.2, 0.25) is 10.0 Å². The first-order chi connectivity index (χ1) is 8.95. The quantitative estimate of drug-likeness (QED) is 0.907. The minimum atomic E-state index is -0.318. The lowest BCUT2D eigenvalue weighted by Gasteiger charge is -2.04. The number of hydrogen-bond acceptors (Lipinski definition) is 4. The first-order valence-electron chi connectivity index (χ1n) is 5.44. The lowest BCUT2D eigenvalue weighted by atomic mass is 10.3. The number of nitrogens with zero attached hydrogens (tertiary/aromatic N) is 1. The molecule has 0 aliphatic heterocycles. The molecule has 0 saturated carbocycles. The molecule has 100 valence electrons. The molecule has 1 unspecified atom stereocenters. The molecule has 1 heterocycles. The van der Waals surface area contributed by atoms with Crippen LogP contribution in [0, 0.1) is 0 Å². The molecule has 0 saturated heterocycles. The Labute approximate surface area is 124 Å². The monoisotopic (exact) mass is 315 g/mol. The number of anilines is 1. The van der Waals surface area contributed by atoms with E-state index < -0.39 is 0 Å². The van der Waals surface area contributed by atoms with Crippen molar-refractivity contribution in [1.29, 1.82) is 0 Å². The van der Waals surface area contributed by atoms with Crippen LogP contribution < -0.4 is 11.1 Å². The second-order valence-electron chi connectivity index (χ2n) is 3.97. The van der Waals surface area contributed by atoms with Gasteiger partial charge in [-0.2, -0.15) is 0 Å². The van der Waals surface area contributed by atoms with E-state index >= 15 is 0 Å². The minimum absolute atomic E-state index is 0.188. The van der Waals surface area contributed by atoms with Crippen LogP contribution >= 0.6 is 34.5 Å². The molecule has 0 bridgehead atoms. The number of aromatic nitrogens is 1. The molecule has 1 amide bonds. The Hall–Kier alpha value is -1.14. The Balaban J connectivity index is 2.15. The third-order valence-electron chi connectivity index (χ3n) is 2.26. The third kappa shape index (κ3) is 3.67. The second-order valence-corrected chi connectivity index (χ2v) is 5.73. The van der Waals surface area contributed by atoms with Gasteiger partial charge in [0.15, 0.2) is 0 Å². The molecule has 4 nitrogen and oxygen atoms in total. The fraction of sp³-hybridized carbons (Fsp3) is 0.167. The SMILES string of the molecule is CC(N)c1nc(C(=O)Nc2cc(Cl)cc(Cl)c2)cs1. The highest BCUT2D eigenvalue weighted by molar-refractivity contribution is 7.09. The molecule has 2 rings (SSSR count). The van der Waals surface area contributed by atoms with Crippen molar-refractivity contribution < 1.29 is 4.79 Å². The maximum Gasteiger partial charge on any atom is 0.275 e. The molecule has 1 aromatic heterocycles. The zero-order valence-corrected chi connectivity index (χ0v) is 12.3. The van der Waals surface area contributed by atoms with Crippen LogP contribution in [0.3, 0.4) is 0 Å². The lowest BCUT2D eigenvalue weighted by molar-refractivity contribution is 0.102. The van der Waals surface area contributed by atoms with E-state index in [2.05, 4.69) is 10.3 Å². The largest absolute Gasteiger partial charge is 0.322 e. The molecular weight excluding hydrogens is 305 g/mol. The van der Waals surface area contributed by atoms with E-state index in [1.807, 2.05) is 6.92 Å². The summed E-state index contributed by atoms with van der Waals surface area (Å²) in [5.74, 6) is -0.318. The minimum Gasteiger partial charge on any atom is -0.322 e. The molecule has 3 N–H and O–H groups in total. The maximum atomic E-state index is 12.0. The van der Waals surface area contributed by atoms with Crippen molar-refractivity contribution in [1.82, 2.24) is 4.98 Å². The van der Waals surface area contributed by atoms with Gasteiger partial charge in [0.25, 0.3) is 5.91 Å². The molecule has 2 aromatic rings. The van der Waals surface area contributed by atoms with Crippen molar-refractivity contribution in [2.45, 2.75) is 13.0 Å². The molecule has 0 aliphatic carbocycles. The number of benzene rings is 1. The van der Waals surface area contributed by atoms with Gasteiger partial charge in [0.05, 0.1) is 6.04 Å². The van der Waals surface area contributed by atoms with E-state index in [0.29, 0.717) is 26.4 Å². The molecule has 0 aliphatic rings. The van der Waals surface area contributed by atoms with Gasteiger partial charge in [0.1, 0.15) is 10.7 Å². The predicted molar refractivity (Wildman–Crippen MR) is 79.1 cm³/mol. The molecule has 7 heteroatoms. The van der Waals surface area contributed by atoms with Gasteiger partial charge in [-0.25, -0.2) is 4.98 Å². The second kappa shape index (κ2) is 5.88. The molecule has 0 radical (unpaired) electrons. The summed E-state index contributed by atoms with van der Waals surface area (Å²) >= 11 is 13.1. The first kappa shape index (κ1) is 14.3. The highest BCUT2D eigenvalue weighted by Gasteiger charge is 2.13. The summed E-state index contributed by atoms with van der Waals surface area (Å²) in [7, 11) is 0. The van der Waals surface area contributed by atoms with E-state index in [1.54, 1.807) is 23.6 Å². The number of hydrogen-bond donors (Lipinski definition) is 2. The Morgan fingerprint density at radius 3 is 2.53 bits per heavy atom. The number of amides is 1. The zero-order chi connectivity index (χ0) is 14.0. The van der Waals surface area contributed by atoms with Crippen LogP contribution in [0.5, 0.6) is 0 Å². The summed E-state index contributed by atoms with van der Waals surface area (Å²) in [5, 5.41) is 5.98. The molecule has 0 spiro atoms. The lowest BCUT2D eigenvalue weighted by Crippen LogP contribution is -2.13. The molecule has 1 aromatic carbocycles. The van der Waals surface area contributed by atoms with Crippen molar-refractivity contribution in [3.8, 4) is 0 Å².